The van der Waals surface area contributed by atoms with E-state index in [1.165, 1.54) is 0 Å². The first-order valence-electron chi connectivity index (χ1n) is 10.8. The van der Waals surface area contributed by atoms with Crippen LogP contribution in [0.25, 0.3) is 0 Å². The second kappa shape index (κ2) is 12.5. The number of aryl methyl sites for hydroxylation is 2. The Morgan fingerprint density at radius 1 is 0.618 bits per heavy atom. The number of carbonyl (C=O) groups is 2. The normalized spacial score (nSPS) is 10.9. The molecule has 0 aliphatic heterocycles. The number of anilines is 2. The van der Waals surface area contributed by atoms with Crippen LogP contribution in [0.5, 0.6) is 0 Å². The molecule has 0 aliphatic rings. The molecule has 2 amide bonds. The van der Waals surface area contributed by atoms with E-state index in [0.717, 1.165) is 33.6 Å². The van der Waals surface area contributed by atoms with Crippen molar-refractivity contribution in [2.45, 2.75) is 13.8 Å². The van der Waals surface area contributed by atoms with Gasteiger partial charge in [-0.1, -0.05) is 59.7 Å². The Balaban J connectivity index is 1.36. The average molecular weight is 457 g/mol. The summed E-state index contributed by atoms with van der Waals surface area (Å²) in [5.41, 5.74) is 10.7. The summed E-state index contributed by atoms with van der Waals surface area (Å²) in [4.78, 5) is 23.8. The minimum Gasteiger partial charge on any atom is -0.376 e. The fourth-order valence-electron chi connectivity index (χ4n) is 2.81. The number of amides is 2. The Bertz CT molecular complexity index is 1040. The Morgan fingerprint density at radius 3 is 1.32 bits per heavy atom. The predicted octanol–water partition coefficient (Wildman–Crippen LogP) is 3.43. The molecule has 3 aromatic rings. The second-order valence-electron chi connectivity index (χ2n) is 7.69. The van der Waals surface area contributed by atoms with E-state index >= 15 is 0 Å². The maximum absolute atomic E-state index is 11.9. The van der Waals surface area contributed by atoms with Crippen molar-refractivity contribution in [3.05, 3.63) is 95.1 Å². The third kappa shape index (κ3) is 8.58. The van der Waals surface area contributed by atoms with Gasteiger partial charge in [0.2, 0.25) is 0 Å². The van der Waals surface area contributed by atoms with Gasteiger partial charge in [-0.2, -0.15) is 10.2 Å². The van der Waals surface area contributed by atoms with Crippen LogP contribution >= 0.6 is 0 Å². The lowest BCUT2D eigenvalue weighted by Crippen LogP contribution is -2.25. The highest BCUT2D eigenvalue weighted by molar-refractivity contribution is 5.87. The number of hydrogen-bond acceptors (Lipinski definition) is 6. The van der Waals surface area contributed by atoms with Crippen LogP contribution in [0, 0.1) is 13.8 Å². The summed E-state index contributed by atoms with van der Waals surface area (Å²) in [6.45, 7) is 4.27. The Labute approximate surface area is 199 Å². The average Bonchev–Trinajstić information content (AvgIpc) is 2.84. The summed E-state index contributed by atoms with van der Waals surface area (Å²) in [5.74, 6) is -0.485. The maximum atomic E-state index is 11.9. The molecule has 0 radical (unpaired) electrons. The summed E-state index contributed by atoms with van der Waals surface area (Å²) in [7, 11) is 0. The van der Waals surface area contributed by atoms with Gasteiger partial charge in [-0.15, -0.1) is 0 Å². The van der Waals surface area contributed by atoms with E-state index in [2.05, 4.69) is 31.7 Å². The van der Waals surface area contributed by atoms with Crippen LogP contribution in [0.1, 0.15) is 22.3 Å². The van der Waals surface area contributed by atoms with Gasteiger partial charge in [-0.3, -0.25) is 9.59 Å². The van der Waals surface area contributed by atoms with Crippen LogP contribution in [0.2, 0.25) is 0 Å². The summed E-state index contributed by atoms with van der Waals surface area (Å²) in [6, 6.07) is 22.9. The van der Waals surface area contributed by atoms with Crippen LogP contribution in [-0.4, -0.2) is 37.3 Å². The summed E-state index contributed by atoms with van der Waals surface area (Å²) in [6.07, 6.45) is 3.12. The monoisotopic (exact) mass is 456 g/mol. The maximum Gasteiger partial charge on any atom is 0.259 e. The first kappa shape index (κ1) is 24.2. The zero-order valence-electron chi connectivity index (χ0n) is 19.2. The first-order valence-corrected chi connectivity index (χ1v) is 10.8. The minimum atomic E-state index is -0.242. The fourth-order valence-corrected chi connectivity index (χ4v) is 2.81. The van der Waals surface area contributed by atoms with Gasteiger partial charge >= 0.3 is 0 Å². The number of hydrogen-bond donors (Lipinski definition) is 4. The molecule has 0 bridgehead atoms. The molecule has 0 aromatic heterocycles. The molecule has 0 saturated heterocycles. The lowest BCUT2D eigenvalue weighted by molar-refractivity contribution is -0.120. The van der Waals surface area contributed by atoms with Gasteiger partial charge in [-0.25, -0.2) is 10.9 Å². The number of carbonyl (C=O) groups excluding carboxylic acids is 2. The van der Waals surface area contributed by atoms with Gasteiger partial charge in [0.05, 0.1) is 25.5 Å². The Morgan fingerprint density at radius 2 is 0.971 bits per heavy atom. The minimum absolute atomic E-state index is 0.127. The van der Waals surface area contributed by atoms with Gasteiger partial charge in [0.25, 0.3) is 11.8 Å². The van der Waals surface area contributed by atoms with Crippen molar-refractivity contribution in [2.24, 2.45) is 10.2 Å². The third-order valence-corrected chi connectivity index (χ3v) is 4.75. The number of nitrogens with zero attached hydrogens (tertiary/aromatic N) is 2. The molecule has 8 nitrogen and oxygen atoms in total. The molecule has 34 heavy (non-hydrogen) atoms. The molecule has 0 saturated carbocycles. The Hall–Kier alpha value is -4.46. The molecule has 3 rings (SSSR count). The third-order valence-electron chi connectivity index (χ3n) is 4.75. The SMILES string of the molecule is Cc1ccc(NCC(=O)N/N=C\c2ccc(/C=N\NC(=O)CNc3ccc(C)cc3)cc2)cc1. The van der Waals surface area contributed by atoms with E-state index in [0.29, 0.717) is 0 Å². The smallest absolute Gasteiger partial charge is 0.259 e. The molecular weight excluding hydrogens is 428 g/mol. The standard InChI is InChI=1S/C26H28N6O2/c1-19-3-11-23(12-4-19)27-17-25(33)31-29-15-21-7-9-22(10-8-21)16-30-32-26(34)18-28-24-13-5-20(2)6-14-24/h3-16,27-28H,17-18H2,1-2H3,(H,31,33)(H,32,34)/b29-15-,30-16-. The van der Waals surface area contributed by atoms with Crippen LogP contribution in [0.15, 0.2) is 83.0 Å². The number of benzene rings is 3. The highest BCUT2D eigenvalue weighted by Gasteiger charge is 2.00. The van der Waals surface area contributed by atoms with Crippen LogP contribution in [0.4, 0.5) is 11.4 Å². The van der Waals surface area contributed by atoms with E-state index in [9.17, 15) is 9.59 Å². The highest BCUT2D eigenvalue weighted by Crippen LogP contribution is 2.08. The Kier molecular flexibility index (Phi) is 8.92. The number of nitrogens with one attached hydrogen (secondary N) is 4. The molecule has 0 atom stereocenters. The topological polar surface area (TPSA) is 107 Å². The van der Waals surface area contributed by atoms with Crippen LogP contribution in [-0.2, 0) is 9.59 Å². The second-order valence-corrected chi connectivity index (χ2v) is 7.69. The predicted molar refractivity (Wildman–Crippen MR) is 137 cm³/mol. The van der Waals surface area contributed by atoms with Gasteiger partial charge in [-0.05, 0) is 49.2 Å². The van der Waals surface area contributed by atoms with Gasteiger partial charge in [0, 0.05) is 11.4 Å². The molecule has 8 heteroatoms. The summed E-state index contributed by atoms with van der Waals surface area (Å²) >= 11 is 0. The van der Waals surface area contributed by atoms with E-state index in [4.69, 9.17) is 0 Å². The van der Waals surface area contributed by atoms with Crippen LogP contribution in [0.3, 0.4) is 0 Å². The molecule has 0 unspecified atom stereocenters. The van der Waals surface area contributed by atoms with Crippen molar-refractivity contribution < 1.29 is 9.59 Å². The van der Waals surface area contributed by atoms with Crippen molar-refractivity contribution in [3.63, 3.8) is 0 Å². The number of hydrazone groups is 2. The quantitative estimate of drug-likeness (QED) is 0.277. The first-order chi connectivity index (χ1) is 16.5. The van der Waals surface area contributed by atoms with Gasteiger partial charge in [0.15, 0.2) is 0 Å². The molecule has 0 fully saturated rings. The molecular formula is C26H28N6O2. The van der Waals surface area contributed by atoms with Gasteiger partial charge in [0.1, 0.15) is 0 Å². The summed E-state index contributed by atoms with van der Waals surface area (Å²) < 4.78 is 0. The largest absolute Gasteiger partial charge is 0.376 e. The lowest BCUT2D eigenvalue weighted by atomic mass is 10.2. The molecule has 0 heterocycles. The van der Waals surface area contributed by atoms with E-state index in [1.807, 2.05) is 86.6 Å². The summed E-state index contributed by atoms with van der Waals surface area (Å²) in [5, 5.41) is 14.0. The van der Waals surface area contributed by atoms with E-state index < -0.39 is 0 Å². The van der Waals surface area contributed by atoms with Crippen molar-refractivity contribution in [1.29, 1.82) is 0 Å². The van der Waals surface area contributed by atoms with Crippen molar-refractivity contribution in [1.82, 2.24) is 10.9 Å². The molecule has 4 N–H and O–H groups in total. The lowest BCUT2D eigenvalue weighted by Gasteiger charge is -2.05. The van der Waals surface area contributed by atoms with Crippen molar-refractivity contribution in [3.8, 4) is 0 Å². The highest BCUT2D eigenvalue weighted by atomic mass is 16.2. The van der Waals surface area contributed by atoms with Crippen molar-refractivity contribution in [2.75, 3.05) is 23.7 Å². The van der Waals surface area contributed by atoms with E-state index in [1.54, 1.807) is 12.4 Å². The zero-order chi connectivity index (χ0) is 24.2. The zero-order valence-corrected chi connectivity index (χ0v) is 19.2. The molecule has 0 spiro atoms. The number of rotatable bonds is 10. The van der Waals surface area contributed by atoms with Gasteiger partial charge < -0.3 is 10.6 Å². The molecule has 0 aliphatic carbocycles. The van der Waals surface area contributed by atoms with E-state index in [-0.39, 0.29) is 24.9 Å². The van der Waals surface area contributed by atoms with Crippen molar-refractivity contribution >= 4 is 35.6 Å². The molecule has 3 aromatic carbocycles. The van der Waals surface area contributed by atoms with Crippen LogP contribution < -0.4 is 21.5 Å². The molecule has 174 valence electrons. The fraction of sp³-hybridized carbons (Fsp3) is 0.154.